The van der Waals surface area contributed by atoms with Crippen LogP contribution in [0.3, 0.4) is 0 Å². The minimum atomic E-state index is -3.38. The van der Waals surface area contributed by atoms with Crippen molar-refractivity contribution in [2.24, 2.45) is 0 Å². The molecular weight excluding hydrogens is 301 g/mol. The van der Waals surface area contributed by atoms with Crippen LogP contribution in [0.15, 0.2) is 22.7 Å². The second kappa shape index (κ2) is 4.92. The van der Waals surface area contributed by atoms with Gasteiger partial charge in [-0.2, -0.15) is 0 Å². The highest BCUT2D eigenvalue weighted by molar-refractivity contribution is 9.10. The summed E-state index contributed by atoms with van der Waals surface area (Å²) in [5.41, 5.74) is 0.217. The van der Waals surface area contributed by atoms with Gasteiger partial charge in [0.25, 0.3) is 0 Å². The number of hydrogen-bond acceptors (Lipinski definition) is 3. The lowest BCUT2D eigenvalue weighted by molar-refractivity contribution is -0.113. The molecule has 0 bridgehead atoms. The smallest absolute Gasteiger partial charge is 0.239 e. The minimum Gasteiger partial charge on any atom is -0.325 e. The third-order valence-electron chi connectivity index (χ3n) is 1.60. The van der Waals surface area contributed by atoms with Crippen LogP contribution in [0, 0.1) is 5.82 Å². The summed E-state index contributed by atoms with van der Waals surface area (Å²) >= 11 is 2.96. The maximum atomic E-state index is 13.1. The molecule has 0 unspecified atom stereocenters. The van der Waals surface area contributed by atoms with Crippen molar-refractivity contribution >= 4 is 37.4 Å². The van der Waals surface area contributed by atoms with E-state index in [2.05, 4.69) is 21.2 Å². The predicted molar refractivity (Wildman–Crippen MR) is 62.4 cm³/mol. The quantitative estimate of drug-likeness (QED) is 0.922. The van der Waals surface area contributed by atoms with E-state index in [1.807, 2.05) is 0 Å². The molecule has 16 heavy (non-hydrogen) atoms. The molecular formula is C9H9BrFNO3S. The molecule has 0 atom stereocenters. The average Bonchev–Trinajstić information content (AvgIpc) is 2.08. The number of hydrogen-bond donors (Lipinski definition) is 1. The molecule has 0 aliphatic heterocycles. The van der Waals surface area contributed by atoms with Gasteiger partial charge in [0, 0.05) is 11.9 Å². The largest absolute Gasteiger partial charge is 0.325 e. The molecule has 0 saturated heterocycles. The Balaban J connectivity index is 2.74. The fourth-order valence-electron chi connectivity index (χ4n) is 1.01. The second-order valence-corrected chi connectivity index (χ2v) is 6.24. The summed E-state index contributed by atoms with van der Waals surface area (Å²) in [6, 6.07) is 3.99. The van der Waals surface area contributed by atoms with E-state index in [9.17, 15) is 17.6 Å². The highest BCUT2D eigenvalue weighted by Gasteiger charge is 2.11. The van der Waals surface area contributed by atoms with Crippen molar-refractivity contribution in [2.75, 3.05) is 17.3 Å². The van der Waals surface area contributed by atoms with Gasteiger partial charge >= 0.3 is 0 Å². The molecule has 1 aromatic rings. The zero-order valence-corrected chi connectivity index (χ0v) is 10.7. The van der Waals surface area contributed by atoms with Crippen LogP contribution in [0.4, 0.5) is 10.1 Å². The monoisotopic (exact) mass is 309 g/mol. The normalized spacial score (nSPS) is 11.2. The highest BCUT2D eigenvalue weighted by atomic mass is 79.9. The molecule has 1 aromatic carbocycles. The zero-order valence-electron chi connectivity index (χ0n) is 8.33. The Bertz CT molecular complexity index is 515. The van der Waals surface area contributed by atoms with E-state index in [4.69, 9.17) is 0 Å². The van der Waals surface area contributed by atoms with Gasteiger partial charge in [-0.3, -0.25) is 4.79 Å². The van der Waals surface area contributed by atoms with Gasteiger partial charge < -0.3 is 5.32 Å². The number of halogens is 2. The Hall–Kier alpha value is -0.950. The standard InChI is InChI=1S/C9H9BrFNO3S/c1-16(14,15)5-9(13)12-6-2-3-7(10)8(11)4-6/h2-4H,5H2,1H3,(H,12,13). The van der Waals surface area contributed by atoms with Crippen LogP contribution in [0.5, 0.6) is 0 Å². The SMILES string of the molecule is CS(=O)(=O)CC(=O)Nc1ccc(Br)c(F)c1. The van der Waals surface area contributed by atoms with E-state index < -0.39 is 27.3 Å². The third kappa shape index (κ3) is 4.28. The van der Waals surface area contributed by atoms with Crippen LogP contribution in [-0.2, 0) is 14.6 Å². The zero-order chi connectivity index (χ0) is 12.3. The minimum absolute atomic E-state index is 0.217. The van der Waals surface area contributed by atoms with Crippen LogP contribution >= 0.6 is 15.9 Å². The van der Waals surface area contributed by atoms with E-state index >= 15 is 0 Å². The number of anilines is 1. The molecule has 0 spiro atoms. The first-order valence-corrected chi connectivity index (χ1v) is 7.06. The molecule has 88 valence electrons. The molecule has 1 N–H and O–H groups in total. The molecule has 0 aliphatic rings. The first kappa shape index (κ1) is 13.1. The van der Waals surface area contributed by atoms with Crippen molar-refractivity contribution in [3.8, 4) is 0 Å². The number of carbonyl (C=O) groups excluding carboxylic acids is 1. The van der Waals surface area contributed by atoms with Crippen LogP contribution in [0.1, 0.15) is 0 Å². The summed E-state index contributed by atoms with van der Waals surface area (Å²) < 4.78 is 34.9. The first-order valence-electron chi connectivity index (χ1n) is 4.20. The number of sulfone groups is 1. The average molecular weight is 310 g/mol. The maximum absolute atomic E-state index is 13.1. The van der Waals surface area contributed by atoms with Crippen molar-refractivity contribution in [1.82, 2.24) is 0 Å². The topological polar surface area (TPSA) is 63.2 Å². The summed E-state index contributed by atoms with van der Waals surface area (Å²) in [5.74, 6) is -1.84. The van der Waals surface area contributed by atoms with Crippen molar-refractivity contribution in [3.63, 3.8) is 0 Å². The van der Waals surface area contributed by atoms with E-state index in [0.717, 1.165) is 12.3 Å². The Kier molecular flexibility index (Phi) is 4.03. The summed E-state index contributed by atoms with van der Waals surface area (Å²) in [5, 5.41) is 2.29. The van der Waals surface area contributed by atoms with Crippen molar-refractivity contribution in [2.45, 2.75) is 0 Å². The Morgan fingerprint density at radius 3 is 2.62 bits per heavy atom. The summed E-state index contributed by atoms with van der Waals surface area (Å²) in [4.78, 5) is 11.2. The molecule has 0 fully saturated rings. The Labute approximate surface area is 101 Å². The van der Waals surface area contributed by atoms with Gasteiger partial charge in [0.15, 0.2) is 9.84 Å². The number of amides is 1. The van der Waals surface area contributed by atoms with Crippen LogP contribution in [0.2, 0.25) is 0 Å². The third-order valence-corrected chi connectivity index (χ3v) is 3.03. The highest BCUT2D eigenvalue weighted by Crippen LogP contribution is 2.19. The van der Waals surface area contributed by atoms with E-state index in [1.165, 1.54) is 12.1 Å². The first-order chi connectivity index (χ1) is 7.28. The molecule has 1 rings (SSSR count). The lowest BCUT2D eigenvalue weighted by Crippen LogP contribution is -2.21. The van der Waals surface area contributed by atoms with Gasteiger partial charge in [-0.15, -0.1) is 0 Å². The summed E-state index contributed by atoms with van der Waals surface area (Å²) in [6.07, 6.45) is 0.953. The molecule has 0 heterocycles. The van der Waals surface area contributed by atoms with Gasteiger partial charge in [-0.05, 0) is 34.1 Å². The molecule has 7 heteroatoms. The van der Waals surface area contributed by atoms with Crippen molar-refractivity contribution in [3.05, 3.63) is 28.5 Å². The molecule has 0 aliphatic carbocycles. The van der Waals surface area contributed by atoms with Gasteiger partial charge in [-0.25, -0.2) is 12.8 Å². The molecule has 0 aromatic heterocycles. The summed E-state index contributed by atoms with van der Waals surface area (Å²) in [6.45, 7) is 0. The molecule has 0 saturated carbocycles. The lowest BCUT2D eigenvalue weighted by atomic mass is 10.3. The molecule has 0 radical (unpaired) electrons. The molecule has 4 nitrogen and oxygen atoms in total. The number of carbonyl (C=O) groups is 1. The van der Waals surface area contributed by atoms with E-state index in [1.54, 1.807) is 0 Å². The van der Waals surface area contributed by atoms with Crippen LogP contribution in [-0.4, -0.2) is 26.3 Å². The van der Waals surface area contributed by atoms with Gasteiger partial charge in [0.1, 0.15) is 11.6 Å². The van der Waals surface area contributed by atoms with Gasteiger partial charge in [0.05, 0.1) is 4.47 Å². The van der Waals surface area contributed by atoms with Gasteiger partial charge in [0.2, 0.25) is 5.91 Å². The van der Waals surface area contributed by atoms with Crippen molar-refractivity contribution in [1.29, 1.82) is 0 Å². The molecule has 1 amide bonds. The van der Waals surface area contributed by atoms with Crippen LogP contribution in [0.25, 0.3) is 0 Å². The lowest BCUT2D eigenvalue weighted by Gasteiger charge is -2.04. The number of nitrogens with one attached hydrogen (secondary N) is 1. The van der Waals surface area contributed by atoms with Crippen LogP contribution < -0.4 is 5.32 Å². The Morgan fingerprint density at radius 1 is 1.50 bits per heavy atom. The van der Waals surface area contributed by atoms with E-state index in [0.29, 0.717) is 0 Å². The maximum Gasteiger partial charge on any atom is 0.239 e. The van der Waals surface area contributed by atoms with Gasteiger partial charge in [-0.1, -0.05) is 0 Å². The Morgan fingerprint density at radius 2 is 2.12 bits per heavy atom. The predicted octanol–water partition coefficient (Wildman–Crippen LogP) is 1.57. The number of benzene rings is 1. The fourth-order valence-corrected chi connectivity index (χ4v) is 1.80. The fraction of sp³-hybridized carbons (Fsp3) is 0.222. The number of rotatable bonds is 3. The second-order valence-electron chi connectivity index (χ2n) is 3.25. The summed E-state index contributed by atoms with van der Waals surface area (Å²) in [7, 11) is -3.38. The van der Waals surface area contributed by atoms with E-state index in [-0.39, 0.29) is 10.2 Å². The van der Waals surface area contributed by atoms with Crippen molar-refractivity contribution < 1.29 is 17.6 Å².